The van der Waals surface area contributed by atoms with Crippen LogP contribution in [0, 0.1) is 12.8 Å². The topological polar surface area (TPSA) is 67.2 Å². The standard InChI is InChI=1S/C15H19N3O2S/c1-9-17-12(8-21-9)11-5-13(18(2)7-11)15(20)16-6-14(19)10-3-4-10/h5,7-8,10,14,19H,3-4,6H2,1-2H3,(H,16,20). The molecule has 1 atom stereocenters. The third-order valence-corrected chi connectivity index (χ3v) is 4.56. The van der Waals surface area contributed by atoms with E-state index in [1.54, 1.807) is 15.9 Å². The van der Waals surface area contributed by atoms with Gasteiger partial charge in [0.15, 0.2) is 0 Å². The number of aromatic nitrogens is 2. The highest BCUT2D eigenvalue weighted by atomic mass is 32.1. The molecule has 0 aromatic carbocycles. The van der Waals surface area contributed by atoms with Gasteiger partial charge in [0.2, 0.25) is 0 Å². The van der Waals surface area contributed by atoms with E-state index in [0.717, 1.165) is 29.1 Å². The fourth-order valence-electron chi connectivity index (χ4n) is 2.36. The molecule has 2 aromatic rings. The van der Waals surface area contributed by atoms with Crippen molar-refractivity contribution in [2.45, 2.75) is 25.9 Å². The lowest BCUT2D eigenvalue weighted by Crippen LogP contribution is -2.33. The predicted molar refractivity (Wildman–Crippen MR) is 82.3 cm³/mol. The van der Waals surface area contributed by atoms with Crippen molar-refractivity contribution in [1.29, 1.82) is 0 Å². The summed E-state index contributed by atoms with van der Waals surface area (Å²) in [5, 5.41) is 15.6. The van der Waals surface area contributed by atoms with Gasteiger partial charge in [0.05, 0.1) is 16.8 Å². The summed E-state index contributed by atoms with van der Waals surface area (Å²) in [5.41, 5.74) is 2.42. The average Bonchev–Trinajstić information content (AvgIpc) is 3.11. The number of nitrogens with zero attached hydrogens (tertiary/aromatic N) is 2. The van der Waals surface area contributed by atoms with Crippen molar-refractivity contribution in [3.8, 4) is 11.3 Å². The number of rotatable bonds is 5. The second kappa shape index (κ2) is 5.61. The highest BCUT2D eigenvalue weighted by molar-refractivity contribution is 7.09. The Hall–Kier alpha value is -1.66. The quantitative estimate of drug-likeness (QED) is 0.887. The molecule has 0 aliphatic heterocycles. The van der Waals surface area contributed by atoms with Crippen molar-refractivity contribution in [2.75, 3.05) is 6.54 Å². The van der Waals surface area contributed by atoms with Gasteiger partial charge in [-0.1, -0.05) is 0 Å². The van der Waals surface area contributed by atoms with E-state index in [1.165, 1.54) is 0 Å². The second-order valence-electron chi connectivity index (χ2n) is 5.59. The monoisotopic (exact) mass is 305 g/mol. The molecule has 1 aliphatic carbocycles. The summed E-state index contributed by atoms with van der Waals surface area (Å²) in [4.78, 5) is 16.6. The zero-order chi connectivity index (χ0) is 15.0. The molecule has 112 valence electrons. The van der Waals surface area contributed by atoms with E-state index in [1.807, 2.05) is 31.6 Å². The van der Waals surface area contributed by atoms with Crippen LogP contribution < -0.4 is 5.32 Å². The number of carbonyl (C=O) groups excluding carboxylic acids is 1. The van der Waals surface area contributed by atoms with Crippen LogP contribution in [-0.2, 0) is 7.05 Å². The van der Waals surface area contributed by atoms with E-state index >= 15 is 0 Å². The molecular weight excluding hydrogens is 286 g/mol. The fraction of sp³-hybridized carbons (Fsp3) is 0.467. The minimum absolute atomic E-state index is 0.157. The lowest BCUT2D eigenvalue weighted by atomic mass is 10.2. The molecule has 1 unspecified atom stereocenters. The van der Waals surface area contributed by atoms with Crippen molar-refractivity contribution in [2.24, 2.45) is 13.0 Å². The Bertz CT molecular complexity index is 658. The lowest BCUT2D eigenvalue weighted by molar-refractivity contribution is 0.0893. The van der Waals surface area contributed by atoms with Gasteiger partial charge in [-0.2, -0.15) is 0 Å². The third-order valence-electron chi connectivity index (χ3n) is 3.79. The van der Waals surface area contributed by atoms with E-state index in [4.69, 9.17) is 0 Å². The molecule has 21 heavy (non-hydrogen) atoms. The molecule has 0 bridgehead atoms. The number of amides is 1. The molecule has 2 heterocycles. The van der Waals surface area contributed by atoms with Crippen molar-refractivity contribution in [3.63, 3.8) is 0 Å². The minimum atomic E-state index is -0.421. The first-order valence-corrected chi connectivity index (χ1v) is 7.97. The zero-order valence-corrected chi connectivity index (χ0v) is 13.0. The summed E-state index contributed by atoms with van der Waals surface area (Å²) in [5.74, 6) is 0.211. The molecule has 0 radical (unpaired) electrons. The zero-order valence-electron chi connectivity index (χ0n) is 12.2. The van der Waals surface area contributed by atoms with E-state index in [0.29, 0.717) is 18.2 Å². The van der Waals surface area contributed by atoms with Crippen LogP contribution in [0.4, 0.5) is 0 Å². The van der Waals surface area contributed by atoms with E-state index < -0.39 is 6.10 Å². The summed E-state index contributed by atoms with van der Waals surface area (Å²) in [6, 6.07) is 1.84. The van der Waals surface area contributed by atoms with E-state index in [2.05, 4.69) is 10.3 Å². The lowest BCUT2D eigenvalue weighted by Gasteiger charge is -2.10. The van der Waals surface area contributed by atoms with E-state index in [9.17, 15) is 9.90 Å². The van der Waals surface area contributed by atoms with Crippen LogP contribution >= 0.6 is 11.3 Å². The Balaban J connectivity index is 1.69. The molecule has 1 fully saturated rings. The summed E-state index contributed by atoms with van der Waals surface area (Å²) >= 11 is 1.59. The van der Waals surface area contributed by atoms with Crippen molar-refractivity contribution >= 4 is 17.2 Å². The number of aryl methyl sites for hydroxylation is 2. The second-order valence-corrected chi connectivity index (χ2v) is 6.65. The molecule has 1 amide bonds. The van der Waals surface area contributed by atoms with Gasteiger partial charge in [0, 0.05) is 30.7 Å². The van der Waals surface area contributed by atoms with Crippen LogP contribution in [0.15, 0.2) is 17.6 Å². The average molecular weight is 305 g/mol. The van der Waals surface area contributed by atoms with Crippen LogP contribution in [0.5, 0.6) is 0 Å². The van der Waals surface area contributed by atoms with Gasteiger partial charge in [-0.3, -0.25) is 4.79 Å². The van der Waals surface area contributed by atoms with Gasteiger partial charge in [-0.05, 0) is 31.7 Å². The SMILES string of the molecule is Cc1nc(-c2cc(C(=O)NCC(O)C3CC3)n(C)c2)cs1. The molecule has 1 aliphatic rings. The highest BCUT2D eigenvalue weighted by Gasteiger charge is 2.29. The first-order valence-electron chi connectivity index (χ1n) is 7.09. The van der Waals surface area contributed by atoms with Crippen molar-refractivity contribution in [3.05, 3.63) is 28.3 Å². The molecule has 5 nitrogen and oxygen atoms in total. The van der Waals surface area contributed by atoms with E-state index in [-0.39, 0.29) is 5.91 Å². The third kappa shape index (κ3) is 3.16. The van der Waals surface area contributed by atoms with Crippen molar-refractivity contribution in [1.82, 2.24) is 14.9 Å². The Morgan fingerprint density at radius 3 is 3.00 bits per heavy atom. The number of carbonyl (C=O) groups is 1. The molecule has 6 heteroatoms. The van der Waals surface area contributed by atoms with Crippen LogP contribution in [-0.4, -0.2) is 33.2 Å². The van der Waals surface area contributed by atoms with Crippen LogP contribution in [0.1, 0.15) is 28.3 Å². The Kier molecular flexibility index (Phi) is 3.82. The molecule has 0 saturated heterocycles. The van der Waals surface area contributed by atoms with Gasteiger partial charge < -0.3 is 15.0 Å². The summed E-state index contributed by atoms with van der Waals surface area (Å²) in [7, 11) is 1.84. The van der Waals surface area contributed by atoms with Gasteiger partial charge in [-0.25, -0.2) is 4.98 Å². The summed E-state index contributed by atoms with van der Waals surface area (Å²) in [6.45, 7) is 2.28. The number of hydrogen-bond acceptors (Lipinski definition) is 4. The number of hydrogen-bond donors (Lipinski definition) is 2. The molecule has 2 aromatic heterocycles. The fourth-order valence-corrected chi connectivity index (χ4v) is 2.98. The number of aliphatic hydroxyl groups excluding tert-OH is 1. The Labute approximate surface area is 127 Å². The molecule has 2 N–H and O–H groups in total. The Morgan fingerprint density at radius 1 is 1.62 bits per heavy atom. The Morgan fingerprint density at radius 2 is 2.38 bits per heavy atom. The van der Waals surface area contributed by atoms with Gasteiger partial charge in [0.1, 0.15) is 5.69 Å². The molecular formula is C15H19N3O2S. The van der Waals surface area contributed by atoms with Gasteiger partial charge in [0.25, 0.3) is 5.91 Å². The highest BCUT2D eigenvalue weighted by Crippen LogP contribution is 2.32. The van der Waals surface area contributed by atoms with Crippen LogP contribution in [0.3, 0.4) is 0 Å². The maximum atomic E-state index is 12.2. The minimum Gasteiger partial charge on any atom is -0.391 e. The summed E-state index contributed by atoms with van der Waals surface area (Å²) < 4.78 is 1.79. The number of nitrogens with one attached hydrogen (secondary N) is 1. The largest absolute Gasteiger partial charge is 0.391 e. The van der Waals surface area contributed by atoms with Gasteiger partial charge in [-0.15, -0.1) is 11.3 Å². The number of aliphatic hydroxyl groups is 1. The number of thiazole rings is 1. The van der Waals surface area contributed by atoms with Crippen LogP contribution in [0.2, 0.25) is 0 Å². The normalized spacial score (nSPS) is 16.0. The smallest absolute Gasteiger partial charge is 0.268 e. The maximum Gasteiger partial charge on any atom is 0.268 e. The van der Waals surface area contributed by atoms with Gasteiger partial charge >= 0.3 is 0 Å². The molecule has 0 spiro atoms. The van der Waals surface area contributed by atoms with Crippen LogP contribution in [0.25, 0.3) is 11.3 Å². The maximum absolute atomic E-state index is 12.2. The first kappa shape index (κ1) is 14.3. The van der Waals surface area contributed by atoms with Crippen molar-refractivity contribution < 1.29 is 9.90 Å². The summed E-state index contributed by atoms with van der Waals surface area (Å²) in [6.07, 6.45) is 3.61. The predicted octanol–water partition coefficient (Wildman–Crippen LogP) is 1.96. The molecule has 3 rings (SSSR count). The first-order chi connectivity index (χ1) is 10.0. The molecule has 1 saturated carbocycles.